The summed E-state index contributed by atoms with van der Waals surface area (Å²) < 4.78 is 0. The van der Waals surface area contributed by atoms with E-state index in [0.29, 0.717) is 0 Å². The van der Waals surface area contributed by atoms with Crippen molar-refractivity contribution in [1.82, 2.24) is 0 Å². The molecule has 46 heavy (non-hydrogen) atoms. The van der Waals surface area contributed by atoms with E-state index in [1.165, 1.54) is 66.1 Å². The van der Waals surface area contributed by atoms with Crippen molar-refractivity contribution >= 4 is 21.5 Å². The van der Waals surface area contributed by atoms with E-state index >= 15 is 0 Å². The minimum atomic E-state index is -0.0815. The van der Waals surface area contributed by atoms with Gasteiger partial charge in [-0.05, 0) is 44.9 Å². The van der Waals surface area contributed by atoms with Crippen molar-refractivity contribution in [3.8, 4) is 22.3 Å². The maximum Gasteiger partial charge on any atom is 4.00 e. The SMILES string of the molecule is CCCC(C)(c1cc2c(-c3cccc(C(C)(C)C)c3)cccc2[cH-]1)c1cc2c(-c3cccc(C(C)(C)C)c3)cccc2[cH-]1.[CH3-].[CH3-].[Hf+4]. The second-order valence-corrected chi connectivity index (χ2v) is 14.8. The molecule has 1 heteroatoms. The predicted molar refractivity (Wildman–Crippen MR) is 202 cm³/mol. The van der Waals surface area contributed by atoms with Gasteiger partial charge >= 0.3 is 25.8 Å². The molecule has 6 aromatic rings. The molecule has 6 rings (SSSR count). The van der Waals surface area contributed by atoms with Gasteiger partial charge in [0.2, 0.25) is 0 Å². The second-order valence-electron chi connectivity index (χ2n) is 14.8. The van der Waals surface area contributed by atoms with Gasteiger partial charge in [-0.1, -0.05) is 134 Å². The van der Waals surface area contributed by atoms with Crippen molar-refractivity contribution in [2.75, 3.05) is 0 Å². The molecular formula is C45H52Hf. The molecule has 0 spiro atoms. The van der Waals surface area contributed by atoms with Gasteiger partial charge in [0.05, 0.1) is 0 Å². The van der Waals surface area contributed by atoms with E-state index in [9.17, 15) is 0 Å². The van der Waals surface area contributed by atoms with Gasteiger partial charge in [-0.3, -0.25) is 0 Å². The number of fused-ring (bicyclic) bond motifs is 2. The summed E-state index contributed by atoms with van der Waals surface area (Å²) in [4.78, 5) is 0. The Kier molecular flexibility index (Phi) is 11.4. The first kappa shape index (κ1) is 37.4. The molecule has 0 radical (unpaired) electrons. The summed E-state index contributed by atoms with van der Waals surface area (Å²) in [7, 11) is 0. The van der Waals surface area contributed by atoms with Gasteiger partial charge in [0.15, 0.2) is 0 Å². The molecule has 0 aliphatic rings. The van der Waals surface area contributed by atoms with E-state index < -0.39 is 0 Å². The summed E-state index contributed by atoms with van der Waals surface area (Å²) in [6.45, 7) is 18.5. The summed E-state index contributed by atoms with van der Waals surface area (Å²) >= 11 is 0. The first-order valence-electron chi connectivity index (χ1n) is 16.0. The summed E-state index contributed by atoms with van der Waals surface area (Å²) in [5.41, 5.74) is 11.0. The maximum absolute atomic E-state index is 2.48. The van der Waals surface area contributed by atoms with E-state index in [1.54, 1.807) is 0 Å². The maximum atomic E-state index is 2.48. The smallest absolute Gasteiger partial charge is 0.358 e. The first-order valence-corrected chi connectivity index (χ1v) is 16.0. The fourth-order valence-corrected chi connectivity index (χ4v) is 6.87. The summed E-state index contributed by atoms with van der Waals surface area (Å²) in [5, 5.41) is 5.35. The third kappa shape index (κ3) is 6.96. The van der Waals surface area contributed by atoms with Gasteiger partial charge in [-0.25, -0.2) is 0 Å². The van der Waals surface area contributed by atoms with Crippen LogP contribution >= 0.6 is 0 Å². The Labute approximate surface area is 298 Å². The molecule has 0 fully saturated rings. The topological polar surface area (TPSA) is 0 Å². The van der Waals surface area contributed by atoms with Crippen molar-refractivity contribution < 1.29 is 25.8 Å². The molecule has 0 aromatic heterocycles. The quantitative estimate of drug-likeness (QED) is 0.117. The average Bonchev–Trinajstić information content (AvgIpc) is 3.62. The predicted octanol–water partition coefficient (Wildman–Crippen LogP) is 13.4. The van der Waals surface area contributed by atoms with Crippen LogP contribution in [0.3, 0.4) is 0 Å². The minimum absolute atomic E-state index is 0. The van der Waals surface area contributed by atoms with E-state index in [-0.39, 0.29) is 56.9 Å². The van der Waals surface area contributed by atoms with Crippen LogP contribution in [0, 0.1) is 14.9 Å². The molecule has 0 unspecified atom stereocenters. The number of hydrogen-bond donors (Lipinski definition) is 0. The van der Waals surface area contributed by atoms with Gasteiger partial charge in [-0.2, -0.15) is 12.1 Å². The Hall–Kier alpha value is -3.03. The molecule has 0 saturated heterocycles. The molecule has 0 amide bonds. The third-order valence-corrected chi connectivity index (χ3v) is 9.60. The molecule has 0 nitrogen and oxygen atoms in total. The van der Waals surface area contributed by atoms with E-state index in [1.807, 2.05) is 0 Å². The Morgan fingerprint density at radius 1 is 0.522 bits per heavy atom. The van der Waals surface area contributed by atoms with E-state index in [4.69, 9.17) is 0 Å². The first-order chi connectivity index (χ1) is 20.4. The minimum Gasteiger partial charge on any atom is -0.358 e. The normalized spacial score (nSPS) is 12.0. The molecule has 0 atom stereocenters. The van der Waals surface area contributed by atoms with E-state index in [2.05, 4.69) is 165 Å². The molecule has 0 N–H and O–H groups in total. The van der Waals surface area contributed by atoms with Crippen molar-refractivity contribution in [2.24, 2.45) is 0 Å². The fraction of sp³-hybridized carbons (Fsp3) is 0.289. The molecule has 236 valence electrons. The fourth-order valence-electron chi connectivity index (χ4n) is 6.87. The molecule has 0 bridgehead atoms. The molecule has 0 heterocycles. The van der Waals surface area contributed by atoms with Gasteiger partial charge in [0.25, 0.3) is 0 Å². The second kappa shape index (κ2) is 14.0. The molecule has 0 saturated carbocycles. The van der Waals surface area contributed by atoms with Crippen LogP contribution < -0.4 is 0 Å². The van der Waals surface area contributed by atoms with Crippen LogP contribution in [0.5, 0.6) is 0 Å². The Morgan fingerprint density at radius 2 is 0.913 bits per heavy atom. The molecule has 0 aliphatic carbocycles. The zero-order valence-electron chi connectivity index (χ0n) is 29.8. The van der Waals surface area contributed by atoms with Crippen LogP contribution in [0.1, 0.15) is 90.5 Å². The largest absolute Gasteiger partial charge is 4.00 e. The van der Waals surface area contributed by atoms with Gasteiger partial charge in [0.1, 0.15) is 0 Å². The summed E-state index contributed by atoms with van der Waals surface area (Å²) in [5.74, 6) is 0. The van der Waals surface area contributed by atoms with Gasteiger partial charge in [-0.15, -0.1) is 69.1 Å². The molecule has 0 aliphatic heterocycles. The van der Waals surface area contributed by atoms with Gasteiger partial charge < -0.3 is 14.9 Å². The van der Waals surface area contributed by atoms with Crippen LogP contribution in [0.2, 0.25) is 0 Å². The van der Waals surface area contributed by atoms with E-state index in [0.717, 1.165) is 12.8 Å². The monoisotopic (exact) mass is 772 g/mol. The van der Waals surface area contributed by atoms with Crippen molar-refractivity contribution in [1.29, 1.82) is 0 Å². The van der Waals surface area contributed by atoms with Crippen LogP contribution in [0.4, 0.5) is 0 Å². The van der Waals surface area contributed by atoms with Crippen LogP contribution in [-0.4, -0.2) is 0 Å². The van der Waals surface area contributed by atoms with Crippen LogP contribution in [0.25, 0.3) is 43.8 Å². The summed E-state index contributed by atoms with van der Waals surface area (Å²) in [6, 6.07) is 41.7. The summed E-state index contributed by atoms with van der Waals surface area (Å²) in [6.07, 6.45) is 2.23. The van der Waals surface area contributed by atoms with Crippen molar-refractivity contribution in [2.45, 2.75) is 84.5 Å². The zero-order chi connectivity index (χ0) is 30.6. The Balaban J connectivity index is 0.00000192. The van der Waals surface area contributed by atoms with Gasteiger partial charge in [0, 0.05) is 0 Å². The number of rotatable bonds is 6. The average molecular weight is 771 g/mol. The standard InChI is InChI=1S/C43H46.2CH3.Hf/c1-9-22-43(8,35-25-31-16-12-20-37(39(31)27-35)29-14-10-18-33(23-29)41(2,3)4)36-26-32-17-13-21-38(40(32)28-36)30-15-11-19-34(24-30)42(5,6)7;;;/h10-21,23-28H,9,22H2,1-8H3;2*1H3;/q-2;2*-1;+4. The number of hydrogen-bond acceptors (Lipinski definition) is 0. The van der Waals surface area contributed by atoms with Crippen LogP contribution in [-0.2, 0) is 42.1 Å². The molecule has 6 aromatic carbocycles. The zero-order valence-corrected chi connectivity index (χ0v) is 33.4. The Bertz CT molecular complexity index is 1780. The van der Waals surface area contributed by atoms with Crippen molar-refractivity contribution in [3.63, 3.8) is 0 Å². The number of benzene rings is 4. The van der Waals surface area contributed by atoms with Crippen molar-refractivity contribution in [3.05, 3.63) is 146 Å². The molecular weight excluding hydrogens is 719 g/mol. The Morgan fingerprint density at radius 3 is 1.28 bits per heavy atom. The van der Waals surface area contributed by atoms with Crippen LogP contribution in [0.15, 0.2) is 109 Å². The third-order valence-electron chi connectivity index (χ3n) is 9.60.